The second-order valence-corrected chi connectivity index (χ2v) is 4.01. The Morgan fingerprint density at radius 3 is 3.00 bits per heavy atom. The maximum Gasteiger partial charge on any atom is 0.224 e. The third-order valence-corrected chi connectivity index (χ3v) is 2.77. The molecule has 1 fully saturated rings. The van der Waals surface area contributed by atoms with Crippen LogP contribution < -0.4 is 5.73 Å². The molecule has 0 radical (unpaired) electrons. The first-order valence-corrected chi connectivity index (χ1v) is 5.16. The van der Waals surface area contributed by atoms with Crippen LogP contribution in [0.4, 0.5) is 0 Å². The second-order valence-electron chi connectivity index (χ2n) is 4.01. The van der Waals surface area contributed by atoms with Crippen LogP contribution in [-0.2, 0) is 18.3 Å². The molecule has 1 atom stereocenters. The van der Waals surface area contributed by atoms with Crippen LogP contribution in [0.3, 0.4) is 0 Å². The average Bonchev–Trinajstić information content (AvgIpc) is 2.70. The Labute approximate surface area is 88.9 Å². The fourth-order valence-corrected chi connectivity index (χ4v) is 1.89. The lowest BCUT2D eigenvalue weighted by molar-refractivity contribution is -0.127. The SMILES string of the molecule is Cn1ccnc1CCN1CC(N)CC1=O. The zero-order valence-electron chi connectivity index (χ0n) is 8.89. The predicted octanol–water partition coefficient (Wildman–Crippen LogP) is -0.478. The van der Waals surface area contributed by atoms with E-state index in [0.717, 1.165) is 18.8 Å². The minimum atomic E-state index is 0.0128. The highest BCUT2D eigenvalue weighted by atomic mass is 16.2. The van der Waals surface area contributed by atoms with Crippen LogP contribution in [0.1, 0.15) is 12.2 Å². The molecular formula is C10H16N4O. The summed E-state index contributed by atoms with van der Waals surface area (Å²) in [6, 6.07) is 0.0128. The number of aryl methyl sites for hydroxylation is 1. The monoisotopic (exact) mass is 208 g/mol. The Balaban J connectivity index is 1.89. The standard InChI is InChI=1S/C10H16N4O/c1-13-5-3-12-9(13)2-4-14-7-8(11)6-10(14)15/h3,5,8H,2,4,6-7,11H2,1H3. The van der Waals surface area contributed by atoms with Gasteiger partial charge in [-0.1, -0.05) is 0 Å². The first-order valence-electron chi connectivity index (χ1n) is 5.16. The number of hydrogen-bond acceptors (Lipinski definition) is 3. The van der Waals surface area contributed by atoms with Gasteiger partial charge in [0.2, 0.25) is 5.91 Å². The minimum absolute atomic E-state index is 0.0128. The number of carbonyl (C=O) groups excluding carboxylic acids is 1. The van der Waals surface area contributed by atoms with Gasteiger partial charge in [0.15, 0.2) is 0 Å². The smallest absolute Gasteiger partial charge is 0.224 e. The Hall–Kier alpha value is -1.36. The second kappa shape index (κ2) is 4.02. The largest absolute Gasteiger partial charge is 0.341 e. The molecule has 1 aromatic rings. The van der Waals surface area contributed by atoms with Crippen LogP contribution in [0.5, 0.6) is 0 Å². The number of nitrogens with two attached hydrogens (primary N) is 1. The fraction of sp³-hybridized carbons (Fsp3) is 0.600. The van der Waals surface area contributed by atoms with Crippen LogP contribution in [0.2, 0.25) is 0 Å². The average molecular weight is 208 g/mol. The lowest BCUT2D eigenvalue weighted by Crippen LogP contribution is -2.30. The molecule has 15 heavy (non-hydrogen) atoms. The Kier molecular flexibility index (Phi) is 2.73. The maximum atomic E-state index is 11.4. The molecule has 2 N–H and O–H groups in total. The van der Waals surface area contributed by atoms with Gasteiger partial charge in [-0.05, 0) is 0 Å². The first kappa shape index (κ1) is 10.2. The molecule has 0 saturated carbocycles. The molecule has 2 rings (SSSR count). The van der Waals surface area contributed by atoms with Gasteiger partial charge in [-0.15, -0.1) is 0 Å². The summed E-state index contributed by atoms with van der Waals surface area (Å²) in [6.45, 7) is 1.40. The van der Waals surface area contributed by atoms with Crippen molar-refractivity contribution in [3.8, 4) is 0 Å². The molecule has 1 aromatic heterocycles. The van der Waals surface area contributed by atoms with Crippen molar-refractivity contribution in [3.63, 3.8) is 0 Å². The van der Waals surface area contributed by atoms with E-state index >= 15 is 0 Å². The van der Waals surface area contributed by atoms with Crippen molar-refractivity contribution >= 4 is 5.91 Å². The van der Waals surface area contributed by atoms with Crippen molar-refractivity contribution in [2.45, 2.75) is 18.9 Å². The Bertz CT molecular complexity index is 360. The Morgan fingerprint density at radius 2 is 2.47 bits per heavy atom. The molecule has 2 heterocycles. The van der Waals surface area contributed by atoms with Crippen LogP contribution in [0.15, 0.2) is 12.4 Å². The predicted molar refractivity (Wildman–Crippen MR) is 56.1 cm³/mol. The molecule has 1 aliphatic rings. The number of carbonyl (C=O) groups is 1. The number of hydrogen-bond donors (Lipinski definition) is 1. The number of aromatic nitrogens is 2. The highest BCUT2D eigenvalue weighted by molar-refractivity contribution is 5.79. The molecule has 1 amide bonds. The molecule has 5 heteroatoms. The number of rotatable bonds is 3. The summed E-state index contributed by atoms with van der Waals surface area (Å²) in [5, 5.41) is 0. The van der Waals surface area contributed by atoms with E-state index in [-0.39, 0.29) is 11.9 Å². The van der Waals surface area contributed by atoms with E-state index in [1.807, 2.05) is 22.7 Å². The molecule has 0 aromatic carbocycles. The highest BCUT2D eigenvalue weighted by Crippen LogP contribution is 2.09. The zero-order chi connectivity index (χ0) is 10.8. The Morgan fingerprint density at radius 1 is 1.67 bits per heavy atom. The van der Waals surface area contributed by atoms with E-state index in [0.29, 0.717) is 13.0 Å². The number of nitrogens with zero attached hydrogens (tertiary/aromatic N) is 3. The van der Waals surface area contributed by atoms with Crippen molar-refractivity contribution in [3.05, 3.63) is 18.2 Å². The topological polar surface area (TPSA) is 64.2 Å². The molecule has 1 aliphatic heterocycles. The van der Waals surface area contributed by atoms with Crippen molar-refractivity contribution in [2.75, 3.05) is 13.1 Å². The third-order valence-electron chi connectivity index (χ3n) is 2.77. The molecule has 82 valence electrons. The summed E-state index contributed by atoms with van der Waals surface area (Å²) in [4.78, 5) is 17.5. The maximum absolute atomic E-state index is 11.4. The molecule has 0 bridgehead atoms. The summed E-state index contributed by atoms with van der Waals surface area (Å²) >= 11 is 0. The summed E-state index contributed by atoms with van der Waals surface area (Å²) in [6.07, 6.45) is 4.96. The van der Waals surface area contributed by atoms with Crippen LogP contribution in [0.25, 0.3) is 0 Å². The van der Waals surface area contributed by atoms with E-state index in [2.05, 4.69) is 4.98 Å². The number of likely N-dealkylation sites (tertiary alicyclic amines) is 1. The molecular weight excluding hydrogens is 192 g/mol. The summed E-state index contributed by atoms with van der Waals surface area (Å²) < 4.78 is 1.97. The van der Waals surface area contributed by atoms with E-state index in [1.165, 1.54) is 0 Å². The van der Waals surface area contributed by atoms with Gasteiger partial charge in [-0.2, -0.15) is 0 Å². The van der Waals surface area contributed by atoms with Crippen molar-refractivity contribution in [1.82, 2.24) is 14.5 Å². The quantitative estimate of drug-likeness (QED) is 0.730. The zero-order valence-corrected chi connectivity index (χ0v) is 8.89. The van der Waals surface area contributed by atoms with Crippen molar-refractivity contribution < 1.29 is 4.79 Å². The molecule has 1 unspecified atom stereocenters. The van der Waals surface area contributed by atoms with Gasteiger partial charge < -0.3 is 15.2 Å². The van der Waals surface area contributed by atoms with Crippen molar-refractivity contribution in [1.29, 1.82) is 0 Å². The van der Waals surface area contributed by atoms with Crippen LogP contribution >= 0.6 is 0 Å². The van der Waals surface area contributed by atoms with Gasteiger partial charge in [0.05, 0.1) is 0 Å². The summed E-state index contributed by atoms with van der Waals surface area (Å²) in [5.74, 6) is 1.17. The number of amides is 1. The minimum Gasteiger partial charge on any atom is -0.341 e. The lowest BCUT2D eigenvalue weighted by atomic mass is 10.3. The van der Waals surface area contributed by atoms with Gasteiger partial charge in [0.25, 0.3) is 0 Å². The summed E-state index contributed by atoms with van der Waals surface area (Å²) in [5.41, 5.74) is 5.71. The van der Waals surface area contributed by atoms with Gasteiger partial charge >= 0.3 is 0 Å². The van der Waals surface area contributed by atoms with Gasteiger partial charge in [-0.25, -0.2) is 4.98 Å². The van der Waals surface area contributed by atoms with Gasteiger partial charge in [0, 0.05) is 51.4 Å². The van der Waals surface area contributed by atoms with E-state index in [4.69, 9.17) is 5.73 Å². The fourth-order valence-electron chi connectivity index (χ4n) is 1.89. The van der Waals surface area contributed by atoms with Gasteiger partial charge in [0.1, 0.15) is 5.82 Å². The normalized spacial score (nSPS) is 21.3. The number of imidazole rings is 1. The van der Waals surface area contributed by atoms with Crippen molar-refractivity contribution in [2.24, 2.45) is 12.8 Å². The molecule has 0 aliphatic carbocycles. The molecule has 5 nitrogen and oxygen atoms in total. The van der Waals surface area contributed by atoms with E-state index < -0.39 is 0 Å². The lowest BCUT2D eigenvalue weighted by Gasteiger charge is -2.15. The van der Waals surface area contributed by atoms with E-state index in [9.17, 15) is 4.79 Å². The van der Waals surface area contributed by atoms with E-state index in [1.54, 1.807) is 6.20 Å². The first-order chi connectivity index (χ1) is 7.16. The summed E-state index contributed by atoms with van der Waals surface area (Å²) in [7, 11) is 1.96. The molecule has 0 spiro atoms. The molecule has 1 saturated heterocycles. The highest BCUT2D eigenvalue weighted by Gasteiger charge is 2.26. The van der Waals surface area contributed by atoms with Crippen LogP contribution in [0, 0.1) is 0 Å². The van der Waals surface area contributed by atoms with Gasteiger partial charge in [-0.3, -0.25) is 4.79 Å². The van der Waals surface area contributed by atoms with Crippen LogP contribution in [-0.4, -0.2) is 39.5 Å². The third kappa shape index (κ3) is 2.18.